The van der Waals surface area contributed by atoms with Gasteiger partial charge in [-0.1, -0.05) is 28.7 Å². The molecule has 1 atom stereocenters. The predicted octanol–water partition coefficient (Wildman–Crippen LogP) is 4.88. The highest BCUT2D eigenvalue weighted by Gasteiger charge is 2.39. The average Bonchev–Trinajstić information content (AvgIpc) is 2.74. The van der Waals surface area contributed by atoms with E-state index in [2.05, 4.69) is 20.3 Å². The van der Waals surface area contributed by atoms with Gasteiger partial charge in [0, 0.05) is 26.1 Å². The van der Waals surface area contributed by atoms with Crippen molar-refractivity contribution in [2.75, 3.05) is 28.7 Å². The van der Waals surface area contributed by atoms with Gasteiger partial charge in [-0.2, -0.15) is 13.2 Å². The molecular weight excluding hydrogens is 511 g/mol. The maximum Gasteiger partial charge on any atom is 0.434 e. The second-order valence-corrected chi connectivity index (χ2v) is 11.1. The summed E-state index contributed by atoms with van der Waals surface area (Å²) >= 11 is 0. The van der Waals surface area contributed by atoms with Gasteiger partial charge in [-0.05, 0) is 45.4 Å². The number of aliphatic hydroxyl groups is 1. The van der Waals surface area contributed by atoms with E-state index in [1.165, 1.54) is 0 Å². The topological polar surface area (TPSA) is 107 Å². The summed E-state index contributed by atoms with van der Waals surface area (Å²) in [7, 11) is 1.87. The summed E-state index contributed by atoms with van der Waals surface area (Å²) in [5.74, 6) is 2.01. The van der Waals surface area contributed by atoms with Crippen molar-refractivity contribution in [3.05, 3.63) is 29.6 Å². The van der Waals surface area contributed by atoms with Crippen LogP contribution in [-0.4, -0.2) is 62.2 Å². The Bertz CT molecular complexity index is 1140. The van der Waals surface area contributed by atoms with Gasteiger partial charge < -0.3 is 20.2 Å². The highest BCUT2D eigenvalue weighted by atomic mass is 19.4. The van der Waals surface area contributed by atoms with Crippen molar-refractivity contribution in [2.45, 2.75) is 92.6 Å². The molecule has 9 nitrogen and oxygen atoms in total. The molecule has 4 rings (SSSR count). The number of rotatable bonds is 7. The first-order valence-electron chi connectivity index (χ1n) is 12.4. The molecule has 2 aromatic rings. The Balaban J connectivity index is 0.00000267. The number of halogens is 3. The maximum absolute atomic E-state index is 12.9. The van der Waals surface area contributed by atoms with Crippen LogP contribution in [0.4, 0.5) is 30.5 Å². The van der Waals surface area contributed by atoms with Crippen molar-refractivity contribution >= 4 is 23.2 Å². The fraction of sp³-hybridized carbons (Fsp3) is 0.667. The largest absolute Gasteiger partial charge is 0.434 e. The van der Waals surface area contributed by atoms with Crippen LogP contribution in [0.25, 0.3) is 0 Å². The van der Waals surface area contributed by atoms with Gasteiger partial charge in [-0.25, -0.2) is 19.9 Å². The van der Waals surface area contributed by atoms with Gasteiger partial charge in [-0.3, -0.25) is 4.79 Å². The number of alkyl halides is 3. The van der Waals surface area contributed by atoms with Crippen LogP contribution in [0.5, 0.6) is 0 Å². The minimum atomic E-state index is -4.56. The minimum absolute atomic E-state index is 0. The average molecular weight is 554 g/mol. The Morgan fingerprint density at radius 2 is 1.79 bits per heavy atom. The van der Waals surface area contributed by atoms with Gasteiger partial charge >= 0.3 is 6.18 Å². The van der Waals surface area contributed by atoms with E-state index in [9.17, 15) is 23.1 Å². The van der Waals surface area contributed by atoms with E-state index < -0.39 is 17.5 Å². The quantitative estimate of drug-likeness (QED) is 0.500. The zero-order valence-electron chi connectivity index (χ0n) is 22.0. The Morgan fingerprint density at radius 3 is 2.31 bits per heavy atom. The van der Waals surface area contributed by atoms with E-state index in [0.717, 1.165) is 25.2 Å². The Hall–Kier alpha value is -3.02. The molecule has 0 unspecified atom stereocenters. The smallest absolute Gasteiger partial charge is 0.389 e. The Morgan fingerprint density at radius 1 is 1.15 bits per heavy atom. The van der Waals surface area contributed by atoms with Gasteiger partial charge in [0.15, 0.2) is 11.5 Å². The van der Waals surface area contributed by atoms with Crippen LogP contribution in [0.1, 0.15) is 72.6 Å². The minimum Gasteiger partial charge on any atom is -0.389 e. The predicted molar refractivity (Wildman–Crippen MR) is 147 cm³/mol. The first kappa shape index (κ1) is 32.2. The van der Waals surface area contributed by atoms with Gasteiger partial charge in [-0.15, -0.1) is 0 Å². The lowest BCUT2D eigenvalue weighted by Crippen LogP contribution is -2.51. The standard InChI is InChI=1S/C25H34F3N7O2.2CH4/c1-13(2)21-23(36)33-20-14(3)31-18(32-22(20)34(21)6)9-15-7-16(8-15)35(12-24(4,5)37)19-11-29-17(10-30-19)25(26,27)28;;/h10-11,13,15-16,21,37H,7-9,12H2,1-6H3,(H,33,36);2*1H4/t15?,16?,21-;;/m0../s1. The summed E-state index contributed by atoms with van der Waals surface area (Å²) in [4.78, 5) is 33.3. The van der Waals surface area contributed by atoms with Crippen LogP contribution in [-0.2, 0) is 17.4 Å². The molecule has 0 bridgehead atoms. The van der Waals surface area contributed by atoms with Crippen molar-refractivity contribution in [1.82, 2.24) is 19.9 Å². The van der Waals surface area contributed by atoms with Crippen LogP contribution >= 0.6 is 0 Å². The molecule has 2 aliphatic rings. The monoisotopic (exact) mass is 553 g/mol. The van der Waals surface area contributed by atoms with Gasteiger partial charge in [0.2, 0.25) is 5.91 Å². The second-order valence-electron chi connectivity index (χ2n) is 11.1. The number of anilines is 3. The number of aryl methyl sites for hydroxylation is 1. The zero-order valence-corrected chi connectivity index (χ0v) is 22.0. The fourth-order valence-corrected chi connectivity index (χ4v) is 5.17. The number of carbonyl (C=O) groups excluding carboxylic acids is 1. The van der Waals surface area contributed by atoms with Gasteiger partial charge in [0.25, 0.3) is 0 Å². The molecule has 2 N–H and O–H groups in total. The van der Waals surface area contributed by atoms with E-state index in [4.69, 9.17) is 4.98 Å². The summed E-state index contributed by atoms with van der Waals surface area (Å²) < 4.78 is 38.8. The van der Waals surface area contributed by atoms with E-state index >= 15 is 0 Å². The summed E-state index contributed by atoms with van der Waals surface area (Å²) in [6.45, 7) is 9.35. The molecular formula is C27H42F3N7O2. The van der Waals surface area contributed by atoms with Crippen LogP contribution in [0.15, 0.2) is 12.4 Å². The van der Waals surface area contributed by atoms with Crippen molar-refractivity contribution in [2.24, 2.45) is 11.8 Å². The van der Waals surface area contributed by atoms with E-state index in [0.29, 0.717) is 35.3 Å². The lowest BCUT2D eigenvalue weighted by Gasteiger charge is -2.45. The maximum atomic E-state index is 12.9. The zero-order chi connectivity index (χ0) is 27.3. The van der Waals surface area contributed by atoms with E-state index in [1.807, 2.05) is 37.6 Å². The fourth-order valence-electron chi connectivity index (χ4n) is 5.17. The first-order chi connectivity index (χ1) is 17.1. The van der Waals surface area contributed by atoms with Gasteiger partial charge in [0.05, 0.1) is 23.7 Å². The lowest BCUT2D eigenvalue weighted by molar-refractivity contribution is -0.141. The number of carbonyl (C=O) groups is 1. The molecule has 218 valence electrons. The van der Waals surface area contributed by atoms with Crippen LogP contribution in [0, 0.1) is 18.8 Å². The molecule has 1 aliphatic heterocycles. The number of aromatic nitrogens is 4. The summed E-state index contributed by atoms with van der Waals surface area (Å²) in [6, 6.07) is -0.323. The second kappa shape index (κ2) is 11.6. The molecule has 1 fully saturated rings. The van der Waals surface area contributed by atoms with Crippen molar-refractivity contribution in [3.8, 4) is 0 Å². The molecule has 1 aliphatic carbocycles. The normalized spacial score (nSPS) is 20.8. The van der Waals surface area contributed by atoms with Crippen molar-refractivity contribution in [1.29, 1.82) is 0 Å². The van der Waals surface area contributed by atoms with Gasteiger partial charge in [0.1, 0.15) is 23.4 Å². The highest BCUT2D eigenvalue weighted by molar-refractivity contribution is 6.03. The first-order valence-corrected chi connectivity index (χ1v) is 12.4. The highest BCUT2D eigenvalue weighted by Crippen LogP contribution is 2.39. The molecule has 12 heteroatoms. The number of nitrogens with one attached hydrogen (secondary N) is 1. The summed E-state index contributed by atoms with van der Waals surface area (Å²) in [5, 5.41) is 13.4. The number of nitrogens with zero attached hydrogens (tertiary/aromatic N) is 6. The van der Waals surface area contributed by atoms with Crippen LogP contribution in [0.2, 0.25) is 0 Å². The molecule has 0 radical (unpaired) electrons. The molecule has 2 aromatic heterocycles. The third-order valence-corrected chi connectivity index (χ3v) is 6.92. The van der Waals surface area contributed by atoms with Crippen molar-refractivity contribution < 1.29 is 23.1 Å². The van der Waals surface area contributed by atoms with Crippen LogP contribution < -0.4 is 15.1 Å². The summed E-state index contributed by atoms with van der Waals surface area (Å²) in [6.07, 6.45) is -0.584. The number of hydrogen-bond acceptors (Lipinski definition) is 8. The Labute approximate surface area is 229 Å². The van der Waals surface area contributed by atoms with E-state index in [-0.39, 0.29) is 51.2 Å². The molecule has 3 heterocycles. The van der Waals surface area contributed by atoms with Crippen LogP contribution in [0.3, 0.4) is 0 Å². The molecule has 1 amide bonds. The molecule has 1 saturated carbocycles. The van der Waals surface area contributed by atoms with Crippen molar-refractivity contribution in [3.63, 3.8) is 0 Å². The Kier molecular flexibility index (Phi) is 9.58. The number of fused-ring (bicyclic) bond motifs is 1. The molecule has 0 spiro atoms. The third-order valence-electron chi connectivity index (χ3n) is 6.92. The third kappa shape index (κ3) is 6.95. The SMILES string of the molecule is C.C.Cc1nc(CC2CC(N(CC(C)(C)O)c3cnc(C(F)(F)F)cn3)C2)nc2c1NC(=O)[C@H](C(C)C)N2C. The molecule has 39 heavy (non-hydrogen) atoms. The number of amides is 1. The lowest BCUT2D eigenvalue weighted by atomic mass is 9.76. The molecule has 0 aromatic carbocycles. The molecule has 0 saturated heterocycles. The summed E-state index contributed by atoms with van der Waals surface area (Å²) in [5.41, 5.74) is -0.776. The number of likely N-dealkylation sites (N-methyl/N-ethyl adjacent to an activating group) is 1. The number of hydrogen-bond donors (Lipinski definition) is 2. The van der Waals surface area contributed by atoms with E-state index in [1.54, 1.807) is 13.8 Å².